The van der Waals surface area contributed by atoms with Crippen molar-refractivity contribution in [2.45, 2.75) is 26.4 Å². The molecule has 3 rings (SSSR count). The fourth-order valence-corrected chi connectivity index (χ4v) is 3.34. The zero-order valence-electron chi connectivity index (χ0n) is 17.4. The summed E-state index contributed by atoms with van der Waals surface area (Å²) in [6.45, 7) is 6.93. The maximum Gasteiger partial charge on any atom is 0.265 e. The first-order chi connectivity index (χ1) is 14.0. The topological polar surface area (TPSA) is 61.9 Å². The number of anilines is 1. The summed E-state index contributed by atoms with van der Waals surface area (Å²) < 4.78 is 5.94. The lowest BCUT2D eigenvalue weighted by molar-refractivity contribution is -0.122. The van der Waals surface area contributed by atoms with E-state index in [0.717, 1.165) is 18.7 Å². The molecule has 1 unspecified atom stereocenters. The second-order valence-corrected chi connectivity index (χ2v) is 7.41. The lowest BCUT2D eigenvalue weighted by atomic mass is 10.1. The van der Waals surface area contributed by atoms with Crippen molar-refractivity contribution in [1.82, 2.24) is 9.80 Å². The Morgan fingerprint density at radius 2 is 1.69 bits per heavy atom. The number of hydrogen-bond acceptors (Lipinski definition) is 4. The molecular formula is C23H29N3O3. The Morgan fingerprint density at radius 1 is 1.03 bits per heavy atom. The number of para-hydroxylation sites is 2. The van der Waals surface area contributed by atoms with Crippen LogP contribution in [-0.2, 0) is 4.79 Å². The molecule has 6 heteroatoms. The molecule has 2 aromatic carbocycles. The molecule has 0 radical (unpaired) electrons. The lowest BCUT2D eigenvalue weighted by Gasteiger charge is -2.32. The van der Waals surface area contributed by atoms with E-state index in [0.29, 0.717) is 36.5 Å². The number of nitrogens with zero attached hydrogens (tertiary/aromatic N) is 2. The molecule has 154 valence electrons. The molecule has 0 aliphatic carbocycles. The van der Waals surface area contributed by atoms with Gasteiger partial charge in [-0.15, -0.1) is 0 Å². The summed E-state index contributed by atoms with van der Waals surface area (Å²) in [5.74, 6) is 0.382. The molecule has 1 N–H and O–H groups in total. The van der Waals surface area contributed by atoms with Gasteiger partial charge in [-0.1, -0.05) is 37.3 Å². The number of likely N-dealkylation sites (N-methyl/N-ethyl adjacent to an activating group) is 1. The van der Waals surface area contributed by atoms with E-state index < -0.39 is 6.10 Å². The van der Waals surface area contributed by atoms with Crippen LogP contribution in [0.2, 0.25) is 0 Å². The van der Waals surface area contributed by atoms with Gasteiger partial charge in [0.15, 0.2) is 6.10 Å². The Hall–Kier alpha value is -2.86. The van der Waals surface area contributed by atoms with Crippen LogP contribution in [0.1, 0.15) is 29.3 Å². The van der Waals surface area contributed by atoms with E-state index in [1.54, 1.807) is 12.1 Å². The highest BCUT2D eigenvalue weighted by Crippen LogP contribution is 2.22. The van der Waals surface area contributed by atoms with Crippen LogP contribution in [0.25, 0.3) is 0 Å². The molecular weight excluding hydrogens is 366 g/mol. The zero-order chi connectivity index (χ0) is 20.8. The second kappa shape index (κ2) is 9.56. The molecule has 0 spiro atoms. The van der Waals surface area contributed by atoms with Crippen LogP contribution in [-0.4, -0.2) is 60.9 Å². The second-order valence-electron chi connectivity index (χ2n) is 7.41. The third kappa shape index (κ3) is 5.15. The summed E-state index contributed by atoms with van der Waals surface area (Å²) in [6.07, 6.45) is -0.114. The summed E-state index contributed by atoms with van der Waals surface area (Å²) in [6, 6.07) is 14.8. The van der Waals surface area contributed by atoms with Gasteiger partial charge in [-0.2, -0.15) is 0 Å². The highest BCUT2D eigenvalue weighted by atomic mass is 16.5. The average molecular weight is 396 g/mol. The lowest BCUT2D eigenvalue weighted by Crippen LogP contribution is -2.47. The molecule has 1 heterocycles. The van der Waals surface area contributed by atoms with Crippen molar-refractivity contribution in [3.63, 3.8) is 0 Å². The van der Waals surface area contributed by atoms with Gasteiger partial charge in [0, 0.05) is 26.2 Å². The standard InChI is InChI=1S/C23H29N3O3/c1-4-20(29-21-12-8-5-9-17(21)2)22(27)24-19-11-7-6-10-18(19)23(28)26-15-13-25(3)14-16-26/h5-12,20H,4,13-16H2,1-3H3,(H,24,27). The molecule has 1 fully saturated rings. The monoisotopic (exact) mass is 395 g/mol. The third-order valence-electron chi connectivity index (χ3n) is 5.23. The minimum Gasteiger partial charge on any atom is -0.480 e. The molecule has 0 saturated carbocycles. The molecule has 1 atom stereocenters. The highest BCUT2D eigenvalue weighted by molar-refractivity contribution is 6.04. The van der Waals surface area contributed by atoms with Gasteiger partial charge in [-0.05, 0) is 44.2 Å². The number of piperazine rings is 1. The summed E-state index contributed by atoms with van der Waals surface area (Å²) in [5, 5.41) is 2.91. The number of ether oxygens (including phenoxy) is 1. The molecule has 1 aliphatic heterocycles. The predicted molar refractivity (Wildman–Crippen MR) is 114 cm³/mol. The molecule has 1 aliphatic rings. The fraction of sp³-hybridized carbons (Fsp3) is 0.391. The van der Waals surface area contributed by atoms with Crippen molar-refractivity contribution < 1.29 is 14.3 Å². The molecule has 6 nitrogen and oxygen atoms in total. The first-order valence-corrected chi connectivity index (χ1v) is 10.1. The Balaban J connectivity index is 1.73. The summed E-state index contributed by atoms with van der Waals surface area (Å²) in [4.78, 5) is 29.9. The van der Waals surface area contributed by atoms with Crippen molar-refractivity contribution in [1.29, 1.82) is 0 Å². The Morgan fingerprint density at radius 3 is 2.38 bits per heavy atom. The SMILES string of the molecule is CCC(Oc1ccccc1C)C(=O)Nc1ccccc1C(=O)N1CCN(C)CC1. The van der Waals surface area contributed by atoms with E-state index in [2.05, 4.69) is 17.3 Å². The zero-order valence-corrected chi connectivity index (χ0v) is 17.4. The number of amides is 2. The number of carbonyl (C=O) groups excluding carboxylic acids is 2. The number of nitrogens with one attached hydrogen (secondary N) is 1. The van der Waals surface area contributed by atoms with Crippen LogP contribution in [0.5, 0.6) is 5.75 Å². The summed E-state index contributed by atoms with van der Waals surface area (Å²) in [7, 11) is 2.05. The van der Waals surface area contributed by atoms with Gasteiger partial charge in [0.1, 0.15) is 5.75 Å². The largest absolute Gasteiger partial charge is 0.480 e. The number of rotatable bonds is 6. The van der Waals surface area contributed by atoms with Crippen molar-refractivity contribution in [3.8, 4) is 5.75 Å². The molecule has 2 amide bonds. The summed E-state index contributed by atoms with van der Waals surface area (Å²) >= 11 is 0. The van der Waals surface area contributed by atoms with Gasteiger partial charge in [-0.25, -0.2) is 0 Å². The summed E-state index contributed by atoms with van der Waals surface area (Å²) in [5.41, 5.74) is 2.01. The van der Waals surface area contributed by atoms with Crippen molar-refractivity contribution >= 4 is 17.5 Å². The quantitative estimate of drug-likeness (QED) is 0.816. The van der Waals surface area contributed by atoms with E-state index in [4.69, 9.17) is 4.74 Å². The average Bonchev–Trinajstić information content (AvgIpc) is 2.73. The molecule has 0 bridgehead atoms. The molecule has 1 saturated heterocycles. The normalized spacial score (nSPS) is 15.6. The van der Waals surface area contributed by atoms with Crippen LogP contribution in [0, 0.1) is 6.92 Å². The molecule has 2 aromatic rings. The van der Waals surface area contributed by atoms with Crippen molar-refractivity contribution in [2.75, 3.05) is 38.5 Å². The van der Waals surface area contributed by atoms with Gasteiger partial charge in [0.05, 0.1) is 11.3 Å². The minimum absolute atomic E-state index is 0.0538. The van der Waals surface area contributed by atoms with Crippen LogP contribution < -0.4 is 10.1 Å². The van der Waals surface area contributed by atoms with E-state index in [1.807, 2.05) is 55.1 Å². The van der Waals surface area contributed by atoms with E-state index in [-0.39, 0.29) is 11.8 Å². The van der Waals surface area contributed by atoms with Gasteiger partial charge in [-0.3, -0.25) is 9.59 Å². The van der Waals surface area contributed by atoms with E-state index in [9.17, 15) is 9.59 Å². The smallest absolute Gasteiger partial charge is 0.265 e. The maximum atomic E-state index is 13.0. The Kier molecular flexibility index (Phi) is 6.88. The number of hydrogen-bond donors (Lipinski definition) is 1. The van der Waals surface area contributed by atoms with Gasteiger partial charge in [0.2, 0.25) is 0 Å². The van der Waals surface area contributed by atoms with Crippen LogP contribution >= 0.6 is 0 Å². The Labute approximate surface area is 172 Å². The van der Waals surface area contributed by atoms with Crippen LogP contribution in [0.15, 0.2) is 48.5 Å². The van der Waals surface area contributed by atoms with Crippen molar-refractivity contribution in [2.24, 2.45) is 0 Å². The third-order valence-corrected chi connectivity index (χ3v) is 5.23. The number of benzene rings is 2. The minimum atomic E-state index is -0.636. The van der Waals surface area contributed by atoms with Crippen molar-refractivity contribution in [3.05, 3.63) is 59.7 Å². The highest BCUT2D eigenvalue weighted by Gasteiger charge is 2.25. The van der Waals surface area contributed by atoms with Crippen LogP contribution in [0.3, 0.4) is 0 Å². The van der Waals surface area contributed by atoms with Gasteiger partial charge >= 0.3 is 0 Å². The number of carbonyl (C=O) groups is 2. The molecule has 0 aromatic heterocycles. The Bertz CT molecular complexity index is 860. The van der Waals surface area contributed by atoms with Gasteiger partial charge < -0.3 is 19.9 Å². The number of aryl methyl sites for hydroxylation is 1. The first-order valence-electron chi connectivity index (χ1n) is 10.1. The predicted octanol–water partition coefficient (Wildman–Crippen LogP) is 3.18. The van der Waals surface area contributed by atoms with Gasteiger partial charge in [0.25, 0.3) is 11.8 Å². The van der Waals surface area contributed by atoms with E-state index >= 15 is 0 Å². The fourth-order valence-electron chi connectivity index (χ4n) is 3.34. The molecule has 29 heavy (non-hydrogen) atoms. The van der Waals surface area contributed by atoms with Crippen LogP contribution in [0.4, 0.5) is 5.69 Å². The first kappa shape index (κ1) is 20.9. The van der Waals surface area contributed by atoms with E-state index in [1.165, 1.54) is 0 Å². The maximum absolute atomic E-state index is 13.0.